The van der Waals surface area contributed by atoms with Gasteiger partial charge in [0.2, 0.25) is 5.91 Å². The summed E-state index contributed by atoms with van der Waals surface area (Å²) in [4.78, 5) is 25.3. The van der Waals surface area contributed by atoms with Crippen molar-refractivity contribution in [3.05, 3.63) is 30.1 Å². The number of likely N-dealkylation sites (tertiary alicyclic amines) is 1. The van der Waals surface area contributed by atoms with Crippen LogP contribution in [0, 0.1) is 5.41 Å². The van der Waals surface area contributed by atoms with Gasteiger partial charge in [0.25, 0.3) is 0 Å². The van der Waals surface area contributed by atoms with E-state index in [4.69, 9.17) is 0 Å². The number of hydrogen-bond donors (Lipinski definition) is 1. The zero-order valence-electron chi connectivity index (χ0n) is 17.0. The minimum atomic E-state index is 0.0158. The van der Waals surface area contributed by atoms with Crippen LogP contribution in [-0.4, -0.2) is 65.4 Å². The van der Waals surface area contributed by atoms with E-state index in [0.29, 0.717) is 6.54 Å². The van der Waals surface area contributed by atoms with Crippen LogP contribution in [0.15, 0.2) is 29.4 Å². The van der Waals surface area contributed by atoms with Crippen molar-refractivity contribution >= 4 is 11.9 Å². The molecule has 0 bridgehead atoms. The molecule has 1 amide bonds. The molecule has 0 aromatic carbocycles. The Bertz CT molecular complexity index is 639. The molecule has 2 heterocycles. The number of pyridine rings is 1. The molecule has 0 spiro atoms. The van der Waals surface area contributed by atoms with E-state index in [1.54, 1.807) is 11.1 Å². The van der Waals surface area contributed by atoms with E-state index in [9.17, 15) is 4.79 Å². The van der Waals surface area contributed by atoms with Gasteiger partial charge in [0.1, 0.15) is 6.54 Å². The highest BCUT2D eigenvalue weighted by atomic mass is 16.2. The third-order valence-electron chi connectivity index (χ3n) is 5.69. The third-order valence-corrected chi connectivity index (χ3v) is 5.69. The molecule has 0 radical (unpaired) electrons. The van der Waals surface area contributed by atoms with Crippen LogP contribution in [0.3, 0.4) is 0 Å². The van der Waals surface area contributed by atoms with Gasteiger partial charge in [0.05, 0.1) is 0 Å². The quantitative estimate of drug-likeness (QED) is 0.625. The van der Waals surface area contributed by atoms with E-state index < -0.39 is 0 Å². The molecule has 6 nitrogen and oxygen atoms in total. The maximum Gasteiger partial charge on any atom is 0.244 e. The molecule has 1 aliphatic heterocycles. The second-order valence-electron chi connectivity index (χ2n) is 8.09. The Morgan fingerprint density at radius 1 is 1.35 bits per heavy atom. The van der Waals surface area contributed by atoms with Gasteiger partial charge in [0, 0.05) is 55.9 Å². The van der Waals surface area contributed by atoms with Gasteiger partial charge in [-0.25, -0.2) is 4.99 Å². The summed E-state index contributed by atoms with van der Waals surface area (Å²) in [5.41, 5.74) is 1.24. The van der Waals surface area contributed by atoms with Crippen molar-refractivity contribution in [3.8, 4) is 0 Å². The maximum absolute atomic E-state index is 12.4. The lowest BCUT2D eigenvalue weighted by molar-refractivity contribution is -0.128. The minimum absolute atomic E-state index is 0.0158. The fourth-order valence-electron chi connectivity index (χ4n) is 3.01. The van der Waals surface area contributed by atoms with Gasteiger partial charge in [0.15, 0.2) is 5.96 Å². The van der Waals surface area contributed by atoms with E-state index >= 15 is 0 Å². The minimum Gasteiger partial charge on any atom is -0.356 e. The number of carbonyl (C=O) groups excluding carboxylic acids is 1. The Hall–Kier alpha value is -2.11. The predicted molar refractivity (Wildman–Crippen MR) is 106 cm³/mol. The maximum atomic E-state index is 12.4. The Morgan fingerprint density at radius 2 is 2.08 bits per heavy atom. The third kappa shape index (κ3) is 4.34. The monoisotopic (exact) mass is 359 g/mol. The number of aliphatic imine (C=N–C) groups is 1. The van der Waals surface area contributed by atoms with Gasteiger partial charge in [-0.1, -0.05) is 19.9 Å². The summed E-state index contributed by atoms with van der Waals surface area (Å²) in [5.74, 6) is 0.845. The average Bonchev–Trinajstić information content (AvgIpc) is 2.62. The van der Waals surface area contributed by atoms with Crippen molar-refractivity contribution in [2.24, 2.45) is 10.4 Å². The molecule has 144 valence electrons. The molecule has 1 aromatic rings. The number of guanidine groups is 1. The molecule has 0 aliphatic carbocycles. The van der Waals surface area contributed by atoms with Gasteiger partial charge in [-0.05, 0) is 32.9 Å². The van der Waals surface area contributed by atoms with E-state index in [1.165, 1.54) is 0 Å². The molecule has 1 fully saturated rings. The van der Waals surface area contributed by atoms with Crippen LogP contribution in [0.1, 0.15) is 40.3 Å². The van der Waals surface area contributed by atoms with Crippen LogP contribution in [0.5, 0.6) is 0 Å². The first-order valence-electron chi connectivity index (χ1n) is 9.39. The Balaban J connectivity index is 1.93. The van der Waals surface area contributed by atoms with Gasteiger partial charge < -0.3 is 15.1 Å². The van der Waals surface area contributed by atoms with Crippen molar-refractivity contribution < 1.29 is 4.79 Å². The van der Waals surface area contributed by atoms with Crippen molar-refractivity contribution in [1.82, 2.24) is 20.1 Å². The summed E-state index contributed by atoms with van der Waals surface area (Å²) < 4.78 is 0. The fraction of sp³-hybridized carbons (Fsp3) is 0.650. The lowest BCUT2D eigenvalue weighted by atomic mass is 9.65. The number of amides is 1. The number of hydrogen-bond acceptors (Lipinski definition) is 3. The first-order chi connectivity index (χ1) is 12.2. The van der Waals surface area contributed by atoms with Crippen molar-refractivity contribution in [2.75, 3.05) is 33.2 Å². The molecule has 26 heavy (non-hydrogen) atoms. The average molecular weight is 360 g/mol. The molecular weight excluding hydrogens is 326 g/mol. The number of likely N-dealkylation sites (N-methyl/N-ethyl adjacent to an activating group) is 1. The fourth-order valence-corrected chi connectivity index (χ4v) is 3.01. The lowest BCUT2D eigenvalue weighted by Gasteiger charge is -2.62. The first-order valence-corrected chi connectivity index (χ1v) is 9.39. The van der Waals surface area contributed by atoms with Crippen LogP contribution in [-0.2, 0) is 11.2 Å². The van der Waals surface area contributed by atoms with Crippen LogP contribution in [0.4, 0.5) is 0 Å². The highest BCUT2D eigenvalue weighted by Gasteiger charge is 2.53. The molecule has 1 aliphatic rings. The zero-order chi connectivity index (χ0) is 19.4. The highest BCUT2D eigenvalue weighted by molar-refractivity contribution is 5.86. The SMILES string of the molecule is CCNC(=NCC(=O)N(C)CCc1ccccn1)N1CC(C)(C)C1(C)C. The first kappa shape index (κ1) is 20.2. The summed E-state index contributed by atoms with van der Waals surface area (Å²) in [7, 11) is 1.82. The summed E-state index contributed by atoms with van der Waals surface area (Å²) in [6, 6.07) is 5.84. The zero-order valence-corrected chi connectivity index (χ0v) is 17.0. The van der Waals surface area contributed by atoms with Crippen LogP contribution < -0.4 is 5.32 Å². The molecule has 1 aromatic heterocycles. The molecule has 1 saturated heterocycles. The van der Waals surface area contributed by atoms with Gasteiger partial charge in [-0.2, -0.15) is 0 Å². The second kappa shape index (κ2) is 8.06. The summed E-state index contributed by atoms with van der Waals surface area (Å²) in [6.07, 6.45) is 2.53. The molecular formula is C20H33N5O. The lowest BCUT2D eigenvalue weighted by Crippen LogP contribution is -2.72. The molecule has 0 unspecified atom stereocenters. The Labute approximate surface area is 157 Å². The number of nitrogens with one attached hydrogen (secondary N) is 1. The van der Waals surface area contributed by atoms with E-state index in [2.05, 4.69) is 47.9 Å². The largest absolute Gasteiger partial charge is 0.356 e. The number of aromatic nitrogens is 1. The number of rotatable bonds is 6. The topological polar surface area (TPSA) is 60.8 Å². The summed E-state index contributed by atoms with van der Waals surface area (Å²) >= 11 is 0. The van der Waals surface area contributed by atoms with Gasteiger partial charge in [-0.15, -0.1) is 0 Å². The predicted octanol–water partition coefficient (Wildman–Crippen LogP) is 2.17. The van der Waals surface area contributed by atoms with E-state index in [0.717, 1.165) is 31.2 Å². The number of nitrogens with zero attached hydrogens (tertiary/aromatic N) is 4. The summed E-state index contributed by atoms with van der Waals surface area (Å²) in [6.45, 7) is 13.6. The second-order valence-corrected chi connectivity index (χ2v) is 8.09. The number of carbonyl (C=O) groups is 1. The Morgan fingerprint density at radius 3 is 2.62 bits per heavy atom. The Kier molecular flexibility index (Phi) is 6.26. The molecule has 2 rings (SSSR count). The van der Waals surface area contributed by atoms with Crippen molar-refractivity contribution in [3.63, 3.8) is 0 Å². The molecule has 0 saturated carbocycles. The van der Waals surface area contributed by atoms with Gasteiger partial charge >= 0.3 is 0 Å². The smallest absolute Gasteiger partial charge is 0.244 e. The van der Waals surface area contributed by atoms with Crippen LogP contribution in [0.25, 0.3) is 0 Å². The molecule has 6 heteroatoms. The van der Waals surface area contributed by atoms with E-state index in [1.807, 2.05) is 32.2 Å². The normalized spacial score (nSPS) is 18.2. The van der Waals surface area contributed by atoms with Crippen LogP contribution in [0.2, 0.25) is 0 Å². The van der Waals surface area contributed by atoms with Crippen molar-refractivity contribution in [2.45, 2.75) is 46.6 Å². The van der Waals surface area contributed by atoms with E-state index in [-0.39, 0.29) is 23.4 Å². The molecule has 1 N–H and O–H groups in total. The van der Waals surface area contributed by atoms with Crippen LogP contribution >= 0.6 is 0 Å². The molecule has 0 atom stereocenters. The summed E-state index contributed by atoms with van der Waals surface area (Å²) in [5, 5.41) is 3.33. The van der Waals surface area contributed by atoms with Gasteiger partial charge in [-0.3, -0.25) is 9.78 Å². The standard InChI is InChI=1S/C20H33N5O/c1-7-21-18(25-15-19(2,3)20(25,4)5)23-14-17(26)24(6)13-11-16-10-8-9-12-22-16/h8-10,12H,7,11,13-15H2,1-6H3,(H,21,23). The highest BCUT2D eigenvalue weighted by Crippen LogP contribution is 2.46. The van der Waals surface area contributed by atoms with Crippen molar-refractivity contribution in [1.29, 1.82) is 0 Å².